The molecule has 1 amide bonds. The number of carbonyl (C=O) groups excluding carboxylic acids is 1. The Kier molecular flexibility index (Phi) is 3.71. The van der Waals surface area contributed by atoms with Crippen molar-refractivity contribution in [2.24, 2.45) is 5.73 Å². The number of rotatable bonds is 4. The molecule has 0 fully saturated rings. The van der Waals surface area contributed by atoms with E-state index in [9.17, 15) is 4.79 Å². The fourth-order valence-electron chi connectivity index (χ4n) is 0.952. The van der Waals surface area contributed by atoms with Crippen molar-refractivity contribution in [1.82, 2.24) is 0 Å². The highest BCUT2D eigenvalue weighted by atomic mass is 79.9. The predicted octanol–water partition coefficient (Wildman–Crippen LogP) is 2.07. The van der Waals surface area contributed by atoms with Gasteiger partial charge in [-0.3, -0.25) is 4.79 Å². The van der Waals surface area contributed by atoms with Crippen molar-refractivity contribution < 1.29 is 9.53 Å². The van der Waals surface area contributed by atoms with Gasteiger partial charge in [0.2, 0.25) is 0 Å². The molecule has 0 saturated heterocycles. The first kappa shape index (κ1) is 10.8. The Morgan fingerprint density at radius 1 is 1.50 bits per heavy atom. The Morgan fingerprint density at radius 2 is 2.14 bits per heavy atom. The average molecular weight is 256 g/mol. The van der Waals surface area contributed by atoms with Gasteiger partial charge in [-0.2, -0.15) is 0 Å². The highest BCUT2D eigenvalue weighted by Crippen LogP contribution is 2.18. The smallest absolute Gasteiger partial charge is 0.252 e. The van der Waals surface area contributed by atoms with Gasteiger partial charge >= 0.3 is 0 Å². The Balaban J connectivity index is 2.84. The summed E-state index contributed by atoms with van der Waals surface area (Å²) in [5.41, 5.74) is 5.54. The van der Waals surface area contributed by atoms with Gasteiger partial charge in [0.05, 0.1) is 5.56 Å². The lowest BCUT2D eigenvalue weighted by Crippen LogP contribution is -2.13. The van der Waals surface area contributed by atoms with Crippen LogP contribution in [-0.4, -0.2) is 12.5 Å². The van der Waals surface area contributed by atoms with Crippen LogP contribution in [0, 0.1) is 0 Å². The molecular formula is C10H10BrNO2. The zero-order chi connectivity index (χ0) is 10.6. The second-order valence-electron chi connectivity index (χ2n) is 2.67. The van der Waals surface area contributed by atoms with E-state index in [2.05, 4.69) is 22.5 Å². The summed E-state index contributed by atoms with van der Waals surface area (Å²) in [7, 11) is 0. The van der Waals surface area contributed by atoms with E-state index < -0.39 is 5.91 Å². The Labute approximate surface area is 90.7 Å². The zero-order valence-corrected chi connectivity index (χ0v) is 9.08. The summed E-state index contributed by atoms with van der Waals surface area (Å²) in [6.45, 7) is 3.93. The third-order valence-electron chi connectivity index (χ3n) is 1.54. The Morgan fingerprint density at radius 3 is 2.71 bits per heavy atom. The first-order valence-electron chi connectivity index (χ1n) is 3.96. The molecule has 0 aliphatic heterocycles. The maximum Gasteiger partial charge on any atom is 0.252 e. The van der Waals surface area contributed by atoms with Crippen molar-refractivity contribution in [2.75, 3.05) is 6.61 Å². The minimum absolute atomic E-state index is 0.310. The van der Waals surface area contributed by atoms with E-state index in [1.165, 1.54) is 0 Å². The molecule has 1 aromatic carbocycles. The van der Waals surface area contributed by atoms with Gasteiger partial charge in [0.1, 0.15) is 12.4 Å². The summed E-state index contributed by atoms with van der Waals surface area (Å²) in [6, 6.07) is 6.82. The molecular weight excluding hydrogens is 246 g/mol. The topological polar surface area (TPSA) is 52.3 Å². The lowest BCUT2D eigenvalue weighted by atomic mass is 10.2. The summed E-state index contributed by atoms with van der Waals surface area (Å²) < 4.78 is 6.02. The molecule has 14 heavy (non-hydrogen) atoms. The van der Waals surface area contributed by atoms with Crippen LogP contribution in [0.5, 0.6) is 5.75 Å². The van der Waals surface area contributed by atoms with E-state index in [1.807, 2.05) is 0 Å². The number of ether oxygens (including phenoxy) is 1. The van der Waals surface area contributed by atoms with Crippen molar-refractivity contribution in [2.45, 2.75) is 0 Å². The van der Waals surface area contributed by atoms with Gasteiger partial charge in [0, 0.05) is 4.48 Å². The monoisotopic (exact) mass is 255 g/mol. The van der Waals surface area contributed by atoms with Crippen LogP contribution in [-0.2, 0) is 0 Å². The van der Waals surface area contributed by atoms with Gasteiger partial charge in [0.15, 0.2) is 0 Å². The maximum absolute atomic E-state index is 11.0. The van der Waals surface area contributed by atoms with Crippen LogP contribution >= 0.6 is 15.9 Å². The average Bonchev–Trinajstić information content (AvgIpc) is 2.15. The second-order valence-corrected chi connectivity index (χ2v) is 3.79. The minimum atomic E-state index is -0.499. The molecule has 3 nitrogen and oxygen atoms in total. The van der Waals surface area contributed by atoms with Crippen molar-refractivity contribution in [3.05, 3.63) is 40.9 Å². The quantitative estimate of drug-likeness (QED) is 0.896. The molecule has 1 aromatic rings. The number of hydrogen-bond acceptors (Lipinski definition) is 2. The molecule has 0 aliphatic carbocycles. The van der Waals surface area contributed by atoms with Crippen molar-refractivity contribution in [3.8, 4) is 5.75 Å². The summed E-state index contributed by atoms with van der Waals surface area (Å²) in [5.74, 6) is -0.0265. The first-order valence-corrected chi connectivity index (χ1v) is 4.75. The molecule has 2 N–H and O–H groups in total. The van der Waals surface area contributed by atoms with Crippen LogP contribution in [0.15, 0.2) is 35.3 Å². The van der Waals surface area contributed by atoms with Crippen LogP contribution in [0.4, 0.5) is 0 Å². The van der Waals surface area contributed by atoms with Gasteiger partial charge in [0.25, 0.3) is 5.91 Å². The number of benzene rings is 1. The molecule has 0 unspecified atom stereocenters. The number of nitrogens with two attached hydrogens (primary N) is 1. The minimum Gasteiger partial charge on any atom is -0.488 e. The summed E-state index contributed by atoms with van der Waals surface area (Å²) in [5, 5.41) is 0. The van der Waals surface area contributed by atoms with E-state index in [-0.39, 0.29) is 0 Å². The van der Waals surface area contributed by atoms with Crippen molar-refractivity contribution in [3.63, 3.8) is 0 Å². The third kappa shape index (κ3) is 2.88. The van der Waals surface area contributed by atoms with Crippen LogP contribution in [0.3, 0.4) is 0 Å². The molecule has 4 heteroatoms. The summed E-state index contributed by atoms with van der Waals surface area (Å²) in [4.78, 5) is 11.0. The molecule has 0 saturated carbocycles. The predicted molar refractivity (Wildman–Crippen MR) is 58.5 cm³/mol. The second kappa shape index (κ2) is 4.81. The number of halogens is 1. The molecule has 0 bridgehead atoms. The molecule has 0 aromatic heterocycles. The zero-order valence-electron chi connectivity index (χ0n) is 7.50. The van der Waals surface area contributed by atoms with E-state index in [4.69, 9.17) is 10.5 Å². The van der Waals surface area contributed by atoms with Crippen molar-refractivity contribution in [1.29, 1.82) is 0 Å². The Hall–Kier alpha value is -1.29. The summed E-state index contributed by atoms with van der Waals surface area (Å²) in [6.07, 6.45) is 0. The highest BCUT2D eigenvalue weighted by molar-refractivity contribution is 9.11. The number of para-hydroxylation sites is 1. The number of carbonyl (C=O) groups is 1. The molecule has 0 heterocycles. The van der Waals surface area contributed by atoms with Gasteiger partial charge in [-0.15, -0.1) is 0 Å². The van der Waals surface area contributed by atoms with Crippen molar-refractivity contribution >= 4 is 21.8 Å². The van der Waals surface area contributed by atoms with Gasteiger partial charge < -0.3 is 10.5 Å². The van der Waals surface area contributed by atoms with E-state index >= 15 is 0 Å². The molecule has 74 valence electrons. The van der Waals surface area contributed by atoms with Crippen LogP contribution in [0.1, 0.15) is 10.4 Å². The standard InChI is InChI=1S/C10H10BrNO2/c1-7(11)6-14-9-5-3-2-4-8(9)10(12)13/h2-5H,1,6H2,(H2,12,13). The molecule has 0 radical (unpaired) electrons. The molecule has 1 rings (SSSR count). The maximum atomic E-state index is 11.0. The van der Waals surface area contributed by atoms with Gasteiger partial charge in [-0.1, -0.05) is 34.6 Å². The van der Waals surface area contributed by atoms with E-state index in [1.54, 1.807) is 24.3 Å². The lowest BCUT2D eigenvalue weighted by Gasteiger charge is -2.07. The fourth-order valence-corrected chi connectivity index (χ4v) is 1.07. The van der Waals surface area contributed by atoms with Crippen LogP contribution in [0.2, 0.25) is 0 Å². The highest BCUT2D eigenvalue weighted by Gasteiger charge is 2.07. The molecule has 0 aliphatic rings. The van der Waals surface area contributed by atoms with Gasteiger partial charge in [-0.05, 0) is 12.1 Å². The lowest BCUT2D eigenvalue weighted by molar-refractivity contribution is 0.0997. The number of amides is 1. The van der Waals surface area contributed by atoms with E-state index in [0.717, 1.165) is 0 Å². The molecule has 0 spiro atoms. The number of primary amides is 1. The first-order chi connectivity index (χ1) is 6.61. The SMILES string of the molecule is C=C(Br)COc1ccccc1C(N)=O. The third-order valence-corrected chi connectivity index (χ3v) is 1.77. The molecule has 0 atom stereocenters. The van der Waals surface area contributed by atoms with Crippen LogP contribution in [0.25, 0.3) is 0 Å². The largest absolute Gasteiger partial charge is 0.488 e. The fraction of sp³-hybridized carbons (Fsp3) is 0.100. The Bertz CT molecular complexity index is 363. The van der Waals surface area contributed by atoms with Crippen LogP contribution < -0.4 is 10.5 Å². The number of hydrogen-bond donors (Lipinski definition) is 1. The normalized spacial score (nSPS) is 9.50. The van der Waals surface area contributed by atoms with E-state index in [0.29, 0.717) is 22.4 Å². The van der Waals surface area contributed by atoms with Gasteiger partial charge in [-0.25, -0.2) is 0 Å². The summed E-state index contributed by atoms with van der Waals surface area (Å²) >= 11 is 3.16.